The first-order valence-electron chi connectivity index (χ1n) is 7.99. The van der Waals surface area contributed by atoms with Crippen molar-refractivity contribution in [3.05, 3.63) is 50.9 Å². The molecule has 3 rings (SSSR count). The number of hydrogen-bond donors (Lipinski definition) is 2. The van der Waals surface area contributed by atoms with E-state index in [1.165, 1.54) is 10.9 Å². The van der Waals surface area contributed by atoms with Gasteiger partial charge in [-0.05, 0) is 37.1 Å². The average molecular weight is 368 g/mol. The van der Waals surface area contributed by atoms with Gasteiger partial charge in [-0.2, -0.15) is 9.78 Å². The van der Waals surface area contributed by atoms with Crippen molar-refractivity contribution in [1.29, 1.82) is 0 Å². The zero-order valence-corrected chi connectivity index (χ0v) is 14.6. The van der Waals surface area contributed by atoms with E-state index < -0.39 is 11.2 Å². The molecule has 2 aromatic rings. The molecule has 0 unspecified atom stereocenters. The van der Waals surface area contributed by atoms with Crippen molar-refractivity contribution in [3.63, 3.8) is 0 Å². The molecule has 0 amide bonds. The lowest BCUT2D eigenvalue weighted by molar-refractivity contribution is 0.0167. The molecule has 24 heavy (non-hydrogen) atoms. The number of aliphatic hydroxyl groups is 1. The summed E-state index contributed by atoms with van der Waals surface area (Å²) < 4.78 is 1.22. The van der Waals surface area contributed by atoms with Gasteiger partial charge in [-0.25, -0.2) is 0 Å². The van der Waals surface area contributed by atoms with Crippen molar-refractivity contribution in [1.82, 2.24) is 9.78 Å². The monoisotopic (exact) mass is 367 g/mol. The van der Waals surface area contributed by atoms with Crippen LogP contribution in [0.1, 0.15) is 32.1 Å². The van der Waals surface area contributed by atoms with Crippen LogP contribution in [0.2, 0.25) is 10.0 Å². The Balaban J connectivity index is 1.80. The number of rotatable bonds is 4. The molecule has 1 saturated carbocycles. The first-order chi connectivity index (χ1) is 11.5. The van der Waals surface area contributed by atoms with Gasteiger partial charge < -0.3 is 10.4 Å². The Hall–Kier alpha value is -1.56. The third-order valence-electron chi connectivity index (χ3n) is 4.38. The number of anilines is 1. The van der Waals surface area contributed by atoms with Crippen LogP contribution in [-0.4, -0.2) is 27.0 Å². The molecule has 7 heteroatoms. The SMILES string of the molecule is O=c1c(Cl)c(NCC2(O)CCCCC2)cnn1-c1ccc(Cl)cc1. The molecule has 0 atom stereocenters. The standard InChI is InChI=1S/C17H19Cl2N3O2/c18-12-4-6-13(7-5-12)22-16(23)15(19)14(10-21-22)20-11-17(24)8-2-1-3-9-17/h4-7,10,20,24H,1-3,8-9,11H2. The molecule has 0 bridgehead atoms. The Morgan fingerprint density at radius 2 is 1.83 bits per heavy atom. The van der Waals surface area contributed by atoms with E-state index >= 15 is 0 Å². The molecule has 0 spiro atoms. The van der Waals surface area contributed by atoms with Gasteiger partial charge in [0, 0.05) is 11.6 Å². The van der Waals surface area contributed by atoms with Crippen molar-refractivity contribution >= 4 is 28.9 Å². The Morgan fingerprint density at radius 3 is 2.50 bits per heavy atom. The van der Waals surface area contributed by atoms with Crippen molar-refractivity contribution < 1.29 is 5.11 Å². The van der Waals surface area contributed by atoms with Gasteiger partial charge >= 0.3 is 0 Å². The first kappa shape index (κ1) is 17.3. The van der Waals surface area contributed by atoms with E-state index in [4.69, 9.17) is 23.2 Å². The van der Waals surface area contributed by atoms with Crippen LogP contribution in [0, 0.1) is 0 Å². The van der Waals surface area contributed by atoms with E-state index in [-0.39, 0.29) is 5.02 Å². The summed E-state index contributed by atoms with van der Waals surface area (Å²) in [7, 11) is 0. The molecule has 0 radical (unpaired) electrons. The molecular formula is C17H19Cl2N3O2. The fraction of sp³-hybridized carbons (Fsp3) is 0.412. The normalized spacial score (nSPS) is 16.8. The lowest BCUT2D eigenvalue weighted by Gasteiger charge is -2.32. The van der Waals surface area contributed by atoms with Crippen molar-refractivity contribution in [3.8, 4) is 5.69 Å². The van der Waals surface area contributed by atoms with Crippen LogP contribution in [0.5, 0.6) is 0 Å². The summed E-state index contributed by atoms with van der Waals surface area (Å²) in [6.07, 6.45) is 6.21. The zero-order valence-electron chi connectivity index (χ0n) is 13.1. The third kappa shape index (κ3) is 3.74. The lowest BCUT2D eigenvalue weighted by atomic mass is 9.85. The summed E-state index contributed by atoms with van der Waals surface area (Å²) >= 11 is 12.1. The minimum atomic E-state index is -0.743. The smallest absolute Gasteiger partial charge is 0.292 e. The summed E-state index contributed by atoms with van der Waals surface area (Å²) in [5.74, 6) is 0. The van der Waals surface area contributed by atoms with Crippen molar-refractivity contribution in [2.75, 3.05) is 11.9 Å². The van der Waals surface area contributed by atoms with E-state index in [0.29, 0.717) is 22.9 Å². The van der Waals surface area contributed by atoms with Crippen molar-refractivity contribution in [2.24, 2.45) is 0 Å². The van der Waals surface area contributed by atoms with Crippen LogP contribution in [-0.2, 0) is 0 Å². The van der Waals surface area contributed by atoms with Gasteiger partial charge in [0.1, 0.15) is 5.02 Å². The van der Waals surface area contributed by atoms with Gasteiger partial charge in [0.25, 0.3) is 5.56 Å². The maximum absolute atomic E-state index is 12.4. The van der Waals surface area contributed by atoms with Crippen LogP contribution in [0.4, 0.5) is 5.69 Å². The number of aromatic nitrogens is 2. The highest BCUT2D eigenvalue weighted by Crippen LogP contribution is 2.29. The number of benzene rings is 1. The Kier molecular flexibility index (Phi) is 5.13. The molecule has 5 nitrogen and oxygen atoms in total. The molecule has 128 valence electrons. The third-order valence-corrected chi connectivity index (χ3v) is 5.00. The largest absolute Gasteiger partial charge is 0.388 e. The van der Waals surface area contributed by atoms with Gasteiger partial charge in [-0.1, -0.05) is 42.5 Å². The Morgan fingerprint density at radius 1 is 1.17 bits per heavy atom. The van der Waals surface area contributed by atoms with Gasteiger partial charge in [-0.15, -0.1) is 0 Å². The number of nitrogens with one attached hydrogen (secondary N) is 1. The Labute approximate surface area is 150 Å². The van der Waals surface area contributed by atoms with E-state index in [9.17, 15) is 9.90 Å². The van der Waals surface area contributed by atoms with Crippen molar-refractivity contribution in [2.45, 2.75) is 37.7 Å². The average Bonchev–Trinajstić information content (AvgIpc) is 2.58. The molecule has 1 aliphatic carbocycles. The molecule has 1 fully saturated rings. The summed E-state index contributed by atoms with van der Waals surface area (Å²) in [6.45, 7) is 0.360. The predicted octanol–water partition coefficient (Wildman–Crippen LogP) is 3.65. The molecule has 0 saturated heterocycles. The van der Waals surface area contributed by atoms with Gasteiger partial charge in [-0.3, -0.25) is 4.79 Å². The molecule has 1 aliphatic rings. The predicted molar refractivity (Wildman–Crippen MR) is 96.4 cm³/mol. The van der Waals surface area contributed by atoms with Gasteiger partial charge in [0.15, 0.2) is 0 Å². The highest BCUT2D eigenvalue weighted by atomic mass is 35.5. The summed E-state index contributed by atoms with van der Waals surface area (Å²) in [5.41, 5.74) is -0.138. The number of hydrogen-bond acceptors (Lipinski definition) is 4. The quantitative estimate of drug-likeness (QED) is 0.865. The number of halogens is 2. The molecule has 1 heterocycles. The molecular weight excluding hydrogens is 349 g/mol. The topological polar surface area (TPSA) is 67.2 Å². The molecule has 2 N–H and O–H groups in total. The van der Waals surface area contributed by atoms with Crippen LogP contribution in [0.3, 0.4) is 0 Å². The summed E-state index contributed by atoms with van der Waals surface area (Å²) in [5, 5.41) is 18.4. The van der Waals surface area contributed by atoms with Gasteiger partial charge in [0.05, 0.1) is 23.2 Å². The number of nitrogens with zero attached hydrogens (tertiary/aromatic N) is 2. The molecule has 0 aliphatic heterocycles. The highest BCUT2D eigenvalue weighted by molar-refractivity contribution is 6.33. The van der Waals surface area contributed by atoms with E-state index in [1.807, 2.05) is 0 Å². The maximum Gasteiger partial charge on any atom is 0.292 e. The second-order valence-corrected chi connectivity index (χ2v) is 7.02. The van der Waals surface area contributed by atoms with Crippen LogP contribution >= 0.6 is 23.2 Å². The zero-order chi connectivity index (χ0) is 17.2. The maximum atomic E-state index is 12.4. The van der Waals surface area contributed by atoms with E-state index in [2.05, 4.69) is 10.4 Å². The first-order valence-corrected chi connectivity index (χ1v) is 8.74. The molecule has 1 aromatic heterocycles. The molecule has 1 aromatic carbocycles. The fourth-order valence-electron chi connectivity index (χ4n) is 2.97. The minimum Gasteiger partial charge on any atom is -0.388 e. The van der Waals surface area contributed by atoms with Crippen LogP contribution in [0.25, 0.3) is 5.69 Å². The van der Waals surface area contributed by atoms with E-state index in [1.54, 1.807) is 24.3 Å². The van der Waals surface area contributed by atoms with Crippen LogP contribution in [0.15, 0.2) is 35.3 Å². The lowest BCUT2D eigenvalue weighted by Crippen LogP contribution is -2.39. The second-order valence-electron chi connectivity index (χ2n) is 6.20. The van der Waals surface area contributed by atoms with Gasteiger partial charge in [0.2, 0.25) is 0 Å². The fourth-order valence-corrected chi connectivity index (χ4v) is 3.29. The summed E-state index contributed by atoms with van der Waals surface area (Å²) in [6, 6.07) is 6.77. The Bertz CT molecular complexity index is 768. The van der Waals surface area contributed by atoms with Crippen LogP contribution < -0.4 is 10.9 Å². The minimum absolute atomic E-state index is 0.0550. The summed E-state index contributed by atoms with van der Waals surface area (Å²) in [4.78, 5) is 12.4. The van der Waals surface area contributed by atoms with E-state index in [0.717, 1.165) is 32.1 Å². The highest BCUT2D eigenvalue weighted by Gasteiger charge is 2.29. The second kappa shape index (κ2) is 7.13.